The number of rotatable bonds is 5. The third-order valence-electron chi connectivity index (χ3n) is 9.52. The van der Waals surface area contributed by atoms with Crippen LogP contribution in [0.2, 0.25) is 0 Å². The summed E-state index contributed by atoms with van der Waals surface area (Å²) in [6.45, 7) is 4.00. The van der Waals surface area contributed by atoms with Crippen molar-refractivity contribution in [2.45, 2.75) is 64.4 Å². The number of likely N-dealkylation sites (tertiary alicyclic amines) is 1. The maximum atomic E-state index is 14.2. The number of hydrogen-bond acceptors (Lipinski definition) is 9. The molecular formula is C38H40N6O8. The van der Waals surface area contributed by atoms with Crippen molar-refractivity contribution >= 4 is 23.6 Å². The Morgan fingerprint density at radius 1 is 1.02 bits per heavy atom. The molecule has 270 valence electrons. The normalized spacial score (nSPS) is 19.4. The molecule has 0 spiro atoms. The molecule has 4 bridgehead atoms. The molecule has 2 fully saturated rings. The van der Waals surface area contributed by atoms with Crippen LogP contribution in [-0.2, 0) is 29.7 Å². The monoisotopic (exact) mass is 708 g/mol. The van der Waals surface area contributed by atoms with Crippen molar-refractivity contribution in [1.29, 1.82) is 0 Å². The first-order chi connectivity index (χ1) is 25.0. The predicted octanol–water partition coefficient (Wildman–Crippen LogP) is 3.25. The summed E-state index contributed by atoms with van der Waals surface area (Å²) < 4.78 is 19.5. The second-order valence-corrected chi connectivity index (χ2v) is 13.6. The van der Waals surface area contributed by atoms with Crippen LogP contribution in [0.4, 0.5) is 0 Å². The molecule has 52 heavy (non-hydrogen) atoms. The molecule has 2 aliphatic heterocycles. The summed E-state index contributed by atoms with van der Waals surface area (Å²) >= 11 is 0. The van der Waals surface area contributed by atoms with E-state index < -0.39 is 35.5 Å². The molecule has 3 aliphatic rings. The predicted molar refractivity (Wildman–Crippen MR) is 187 cm³/mol. The number of benzene rings is 2. The lowest BCUT2D eigenvalue weighted by Gasteiger charge is -2.39. The van der Waals surface area contributed by atoms with Gasteiger partial charge in [-0.2, -0.15) is 5.10 Å². The molecule has 1 saturated heterocycles. The summed E-state index contributed by atoms with van der Waals surface area (Å²) in [6.07, 6.45) is 4.94. The van der Waals surface area contributed by atoms with Crippen LogP contribution >= 0.6 is 0 Å². The van der Waals surface area contributed by atoms with Gasteiger partial charge in [-0.15, -0.1) is 0 Å². The number of aryl methyl sites for hydroxylation is 3. The van der Waals surface area contributed by atoms with E-state index in [-0.39, 0.29) is 55.1 Å². The molecule has 4 amide bonds. The molecule has 2 aromatic heterocycles. The molecule has 2 aromatic carbocycles. The molecule has 1 aliphatic carbocycles. The second-order valence-electron chi connectivity index (χ2n) is 13.6. The Labute approximate surface area is 299 Å². The van der Waals surface area contributed by atoms with E-state index in [1.807, 2.05) is 18.2 Å². The van der Waals surface area contributed by atoms with E-state index in [9.17, 15) is 24.0 Å². The average molecular weight is 709 g/mol. The zero-order valence-electron chi connectivity index (χ0n) is 29.2. The lowest BCUT2D eigenvalue weighted by Crippen LogP contribution is -2.58. The fourth-order valence-corrected chi connectivity index (χ4v) is 6.81. The molecule has 1 saturated carbocycles. The third kappa shape index (κ3) is 7.76. The van der Waals surface area contributed by atoms with E-state index in [4.69, 9.17) is 13.9 Å². The molecule has 0 unspecified atom stereocenters. The average Bonchev–Trinajstić information content (AvgIpc) is 3.87. The molecule has 4 heterocycles. The standard InChI is InChI=1S/C38H40N6O8/c1-22-11-34(46)51-23(2)35(22)38(49)43-10-9-32-31(19-43)41-33(45)20-44(28-7-8-28)37(48)27-13-26(36(47)39-16-25-17-40-42(3)18-25)14-30(15-27)52-29-6-4-5-24(12-29)21-50-32/h4-6,11-15,17-18,28,31-32H,7-10,16,19-21H2,1-3H3,(H,39,47)(H,41,45)/t31-,32+/m1/s1. The Morgan fingerprint density at radius 2 is 1.85 bits per heavy atom. The van der Waals surface area contributed by atoms with Crippen molar-refractivity contribution in [3.05, 3.63) is 110 Å². The number of ether oxygens (including phenoxy) is 2. The third-order valence-corrected chi connectivity index (χ3v) is 9.52. The van der Waals surface area contributed by atoms with E-state index in [0.717, 1.165) is 24.0 Å². The van der Waals surface area contributed by atoms with Gasteiger partial charge in [-0.3, -0.25) is 23.9 Å². The van der Waals surface area contributed by atoms with Crippen LogP contribution in [0.3, 0.4) is 0 Å². The van der Waals surface area contributed by atoms with Crippen LogP contribution in [0.5, 0.6) is 11.5 Å². The van der Waals surface area contributed by atoms with Gasteiger partial charge in [0.2, 0.25) is 5.91 Å². The molecule has 2 N–H and O–H groups in total. The van der Waals surface area contributed by atoms with Crippen molar-refractivity contribution < 1.29 is 33.1 Å². The number of carbonyl (C=O) groups is 4. The first-order valence-electron chi connectivity index (χ1n) is 17.3. The molecular weight excluding hydrogens is 668 g/mol. The van der Waals surface area contributed by atoms with E-state index in [2.05, 4.69) is 15.7 Å². The van der Waals surface area contributed by atoms with Crippen LogP contribution in [0, 0.1) is 13.8 Å². The summed E-state index contributed by atoms with van der Waals surface area (Å²) in [4.78, 5) is 70.1. The number of fused-ring (bicyclic) bond motifs is 5. The quantitative estimate of drug-likeness (QED) is 0.317. The highest BCUT2D eigenvalue weighted by Crippen LogP contribution is 2.31. The van der Waals surface area contributed by atoms with Crippen LogP contribution < -0.4 is 21.0 Å². The van der Waals surface area contributed by atoms with Gasteiger partial charge in [0.05, 0.1) is 30.5 Å². The summed E-state index contributed by atoms with van der Waals surface area (Å²) in [5.74, 6) is -0.502. The molecule has 2 atom stereocenters. The Morgan fingerprint density at radius 3 is 2.60 bits per heavy atom. The smallest absolute Gasteiger partial charge is 0.336 e. The number of nitrogens with one attached hydrogen (secondary N) is 2. The number of hydrogen-bond donors (Lipinski definition) is 2. The van der Waals surface area contributed by atoms with Crippen molar-refractivity contribution in [3.63, 3.8) is 0 Å². The number of piperidine rings is 1. The van der Waals surface area contributed by atoms with Gasteiger partial charge in [-0.25, -0.2) is 4.79 Å². The minimum atomic E-state index is -0.594. The summed E-state index contributed by atoms with van der Waals surface area (Å²) in [5.41, 5.74) is 2.36. The second kappa shape index (κ2) is 14.5. The van der Waals surface area contributed by atoms with Gasteiger partial charge in [-0.1, -0.05) is 12.1 Å². The highest BCUT2D eigenvalue weighted by Gasteiger charge is 2.38. The Kier molecular flexibility index (Phi) is 9.65. The van der Waals surface area contributed by atoms with Crippen molar-refractivity contribution in [2.75, 3.05) is 19.6 Å². The minimum Gasteiger partial charge on any atom is -0.457 e. The largest absolute Gasteiger partial charge is 0.457 e. The summed E-state index contributed by atoms with van der Waals surface area (Å²) in [6, 6.07) is 12.6. The molecule has 14 heteroatoms. The van der Waals surface area contributed by atoms with Crippen LogP contribution in [0.1, 0.15) is 72.8 Å². The fourth-order valence-electron chi connectivity index (χ4n) is 6.81. The molecule has 14 nitrogen and oxygen atoms in total. The lowest BCUT2D eigenvalue weighted by atomic mass is 9.99. The fraction of sp³-hybridized carbons (Fsp3) is 0.368. The van der Waals surface area contributed by atoms with Crippen molar-refractivity contribution in [2.24, 2.45) is 7.05 Å². The van der Waals surface area contributed by atoms with E-state index in [0.29, 0.717) is 35.6 Å². The van der Waals surface area contributed by atoms with Crippen molar-refractivity contribution in [3.8, 4) is 11.5 Å². The number of amides is 4. The zero-order chi connectivity index (χ0) is 36.5. The van der Waals surface area contributed by atoms with Gasteiger partial charge in [-0.05, 0) is 74.6 Å². The van der Waals surface area contributed by atoms with E-state index in [1.165, 1.54) is 17.0 Å². The maximum absolute atomic E-state index is 14.2. The topological polar surface area (TPSA) is 165 Å². The molecule has 0 radical (unpaired) electrons. The van der Waals surface area contributed by atoms with Crippen molar-refractivity contribution in [1.82, 2.24) is 30.2 Å². The number of aromatic nitrogens is 2. The van der Waals surface area contributed by atoms with Gasteiger partial charge in [0, 0.05) is 61.7 Å². The maximum Gasteiger partial charge on any atom is 0.336 e. The van der Waals surface area contributed by atoms with E-state index in [1.54, 1.807) is 61.1 Å². The van der Waals surface area contributed by atoms with Gasteiger partial charge >= 0.3 is 5.63 Å². The van der Waals surface area contributed by atoms with Gasteiger partial charge in [0.25, 0.3) is 17.7 Å². The number of carbonyl (C=O) groups excluding carboxylic acids is 4. The highest BCUT2D eigenvalue weighted by atomic mass is 16.5. The first-order valence-corrected chi connectivity index (χ1v) is 17.3. The van der Waals surface area contributed by atoms with E-state index >= 15 is 0 Å². The zero-order valence-corrected chi connectivity index (χ0v) is 29.2. The van der Waals surface area contributed by atoms with Crippen LogP contribution in [-0.4, -0.2) is 81.0 Å². The summed E-state index contributed by atoms with van der Waals surface area (Å²) in [5, 5.41) is 10.1. The minimum absolute atomic E-state index is 0.142. The molecule has 7 rings (SSSR count). The van der Waals surface area contributed by atoms with Gasteiger partial charge in [0.1, 0.15) is 23.8 Å². The van der Waals surface area contributed by atoms with Gasteiger partial charge in [0.15, 0.2) is 0 Å². The Balaban J connectivity index is 1.18. The van der Waals surface area contributed by atoms with Crippen LogP contribution in [0.15, 0.2) is 70.1 Å². The Hall–Kier alpha value is -5.76. The first kappa shape index (κ1) is 34.7. The highest BCUT2D eigenvalue weighted by molar-refractivity contribution is 6.01. The SMILES string of the molecule is Cc1cc(=O)oc(C)c1C(=O)N1CC[C@@H]2OCc3cccc(c3)Oc3cc(C(=O)NCc4cnn(C)c4)cc(c3)C(=O)N(C3CC3)CC(=O)N[C@@H]2C1. The lowest BCUT2D eigenvalue weighted by molar-refractivity contribution is -0.125. The number of nitrogens with zero attached hydrogens (tertiary/aromatic N) is 4. The molecule has 4 aromatic rings. The summed E-state index contributed by atoms with van der Waals surface area (Å²) in [7, 11) is 1.79. The van der Waals surface area contributed by atoms with Gasteiger partial charge < -0.3 is 34.3 Å². The Bertz CT molecular complexity index is 2080. The van der Waals surface area contributed by atoms with Crippen LogP contribution in [0.25, 0.3) is 0 Å².